The summed E-state index contributed by atoms with van der Waals surface area (Å²) >= 11 is 0. The largest absolute Gasteiger partial charge is 0.454 e. The van der Waals surface area contributed by atoms with Crippen LogP contribution in [0, 0.1) is 0 Å². The molecule has 1 aliphatic heterocycles. The first-order valence-electron chi connectivity index (χ1n) is 9.34. The number of esters is 1. The molecule has 1 aliphatic rings. The molecule has 0 saturated heterocycles. The lowest BCUT2D eigenvalue weighted by Gasteiger charge is -2.33. The highest BCUT2D eigenvalue weighted by Crippen LogP contribution is 2.22. The van der Waals surface area contributed by atoms with E-state index in [4.69, 9.17) is 4.74 Å². The van der Waals surface area contributed by atoms with Crippen LogP contribution in [-0.4, -0.2) is 56.3 Å². The average molecular weight is 410 g/mol. The minimum Gasteiger partial charge on any atom is -0.454 e. The van der Waals surface area contributed by atoms with Gasteiger partial charge in [-0.25, -0.2) is 8.42 Å². The van der Waals surface area contributed by atoms with Gasteiger partial charge in [0.25, 0.3) is 15.9 Å². The molecule has 2 rings (SSSR count). The van der Waals surface area contributed by atoms with Gasteiger partial charge in [0.1, 0.15) is 12.4 Å². The fourth-order valence-electron chi connectivity index (χ4n) is 2.98. The van der Waals surface area contributed by atoms with E-state index < -0.39 is 16.0 Å². The van der Waals surface area contributed by atoms with Crippen molar-refractivity contribution in [3.63, 3.8) is 0 Å². The smallest absolute Gasteiger partial charge is 0.328 e. The number of benzene rings is 1. The average Bonchev–Trinajstić information content (AvgIpc) is 2.95. The van der Waals surface area contributed by atoms with Crippen LogP contribution in [0.3, 0.4) is 0 Å². The summed E-state index contributed by atoms with van der Waals surface area (Å²) in [6.07, 6.45) is 1.61. The third-order valence-electron chi connectivity index (χ3n) is 4.80. The molecule has 0 aliphatic carbocycles. The number of hydrogen-bond donors (Lipinski definition) is 1. The Morgan fingerprint density at radius 1 is 1.14 bits per heavy atom. The maximum atomic E-state index is 12.5. The predicted octanol–water partition coefficient (Wildman–Crippen LogP) is 1.69. The Morgan fingerprint density at radius 2 is 1.75 bits per heavy atom. The van der Waals surface area contributed by atoms with Crippen LogP contribution >= 0.6 is 0 Å². The Hall–Kier alpha value is -2.42. The number of ether oxygens (including phenoxy) is 1. The number of rotatable bonds is 8. The van der Waals surface area contributed by atoms with Crippen molar-refractivity contribution in [3.8, 4) is 0 Å². The SMILES string of the molecule is CC[C@@H](C)N(C(=O)COC(=O)CN=C1NS(=O)(=O)c2ccccc21)[C@@H](C)CC. The van der Waals surface area contributed by atoms with Gasteiger partial charge in [0.2, 0.25) is 0 Å². The van der Waals surface area contributed by atoms with Gasteiger partial charge in [0.05, 0.1) is 4.90 Å². The number of carbonyl (C=O) groups excluding carboxylic acids is 2. The predicted molar refractivity (Wildman–Crippen MR) is 105 cm³/mol. The summed E-state index contributed by atoms with van der Waals surface area (Å²) in [6, 6.07) is 6.47. The summed E-state index contributed by atoms with van der Waals surface area (Å²) in [5, 5.41) is 0. The molecule has 2 atom stereocenters. The lowest BCUT2D eigenvalue weighted by atomic mass is 10.1. The van der Waals surface area contributed by atoms with Gasteiger partial charge >= 0.3 is 5.97 Å². The number of sulfonamides is 1. The highest BCUT2D eigenvalue weighted by molar-refractivity contribution is 7.90. The van der Waals surface area contributed by atoms with Crippen molar-refractivity contribution in [2.45, 2.75) is 57.5 Å². The van der Waals surface area contributed by atoms with E-state index in [1.54, 1.807) is 23.1 Å². The van der Waals surface area contributed by atoms with Crippen LogP contribution in [-0.2, 0) is 24.3 Å². The molecule has 0 saturated carbocycles. The second kappa shape index (κ2) is 9.18. The molecule has 0 spiro atoms. The Kier molecular flexibility index (Phi) is 7.17. The van der Waals surface area contributed by atoms with Crippen LogP contribution < -0.4 is 4.72 Å². The molecule has 1 amide bonds. The molecule has 0 unspecified atom stereocenters. The fraction of sp³-hybridized carbons (Fsp3) is 0.526. The van der Waals surface area contributed by atoms with Crippen molar-refractivity contribution < 1.29 is 22.7 Å². The molecule has 9 heteroatoms. The molecule has 28 heavy (non-hydrogen) atoms. The monoisotopic (exact) mass is 409 g/mol. The molecule has 1 aromatic carbocycles. The Labute approximate surface area is 166 Å². The van der Waals surface area contributed by atoms with Gasteiger partial charge in [-0.1, -0.05) is 26.0 Å². The first-order valence-corrected chi connectivity index (χ1v) is 10.8. The van der Waals surface area contributed by atoms with Crippen molar-refractivity contribution in [2.24, 2.45) is 4.99 Å². The summed E-state index contributed by atoms with van der Waals surface area (Å²) in [4.78, 5) is 30.3. The first kappa shape index (κ1) is 21.9. The number of amidine groups is 1. The van der Waals surface area contributed by atoms with E-state index in [9.17, 15) is 18.0 Å². The second-order valence-corrected chi connectivity index (χ2v) is 8.39. The lowest BCUT2D eigenvalue weighted by Crippen LogP contribution is -2.46. The van der Waals surface area contributed by atoms with Crippen LogP contribution in [0.25, 0.3) is 0 Å². The van der Waals surface area contributed by atoms with Gasteiger partial charge in [-0.15, -0.1) is 0 Å². The third-order valence-corrected chi connectivity index (χ3v) is 6.20. The van der Waals surface area contributed by atoms with Crippen molar-refractivity contribution >= 4 is 27.7 Å². The Bertz CT molecular complexity index is 856. The fourth-order valence-corrected chi connectivity index (χ4v) is 4.23. The summed E-state index contributed by atoms with van der Waals surface area (Å²) in [6.45, 7) is 7.17. The lowest BCUT2D eigenvalue weighted by molar-refractivity contribution is -0.153. The van der Waals surface area contributed by atoms with E-state index >= 15 is 0 Å². The third kappa shape index (κ3) is 4.89. The van der Waals surface area contributed by atoms with Crippen LogP contribution in [0.1, 0.15) is 46.1 Å². The van der Waals surface area contributed by atoms with E-state index in [0.717, 1.165) is 12.8 Å². The van der Waals surface area contributed by atoms with Crippen molar-refractivity contribution in [1.82, 2.24) is 9.62 Å². The minimum atomic E-state index is -3.66. The zero-order chi connectivity index (χ0) is 20.9. The molecular formula is C19H27N3O5S. The maximum Gasteiger partial charge on any atom is 0.328 e. The van der Waals surface area contributed by atoms with E-state index in [1.165, 1.54) is 6.07 Å². The van der Waals surface area contributed by atoms with Crippen molar-refractivity contribution in [1.29, 1.82) is 0 Å². The normalized spacial score (nSPS) is 18.1. The van der Waals surface area contributed by atoms with Crippen LogP contribution in [0.2, 0.25) is 0 Å². The molecule has 154 valence electrons. The first-order chi connectivity index (χ1) is 13.2. The molecule has 1 aromatic rings. The number of hydrogen-bond acceptors (Lipinski definition) is 6. The van der Waals surface area contributed by atoms with Crippen LogP contribution in [0.15, 0.2) is 34.2 Å². The Morgan fingerprint density at radius 3 is 2.36 bits per heavy atom. The van der Waals surface area contributed by atoms with Gasteiger partial charge in [-0.05, 0) is 38.8 Å². The molecule has 0 bridgehead atoms. The molecule has 8 nitrogen and oxygen atoms in total. The van der Waals surface area contributed by atoms with E-state index in [-0.39, 0.29) is 41.9 Å². The number of amides is 1. The second-order valence-electron chi connectivity index (χ2n) is 6.74. The van der Waals surface area contributed by atoms with E-state index in [2.05, 4.69) is 9.71 Å². The molecular weight excluding hydrogens is 382 g/mol. The topological polar surface area (TPSA) is 105 Å². The Balaban J connectivity index is 1.98. The van der Waals surface area contributed by atoms with Gasteiger partial charge in [-0.2, -0.15) is 0 Å². The molecule has 1 N–H and O–H groups in total. The minimum absolute atomic E-state index is 0.0470. The number of nitrogens with zero attached hydrogens (tertiary/aromatic N) is 2. The zero-order valence-electron chi connectivity index (χ0n) is 16.6. The number of carbonyl (C=O) groups is 2. The van der Waals surface area contributed by atoms with Gasteiger partial charge < -0.3 is 9.64 Å². The summed E-state index contributed by atoms with van der Waals surface area (Å²) in [5.41, 5.74) is 0.408. The van der Waals surface area contributed by atoms with Crippen LogP contribution in [0.4, 0.5) is 0 Å². The zero-order valence-corrected chi connectivity index (χ0v) is 17.5. The highest BCUT2D eigenvalue weighted by atomic mass is 32.2. The summed E-state index contributed by atoms with van der Waals surface area (Å²) in [5.74, 6) is -0.853. The van der Waals surface area contributed by atoms with Crippen molar-refractivity contribution in [3.05, 3.63) is 29.8 Å². The highest BCUT2D eigenvalue weighted by Gasteiger charge is 2.30. The number of nitrogens with one attached hydrogen (secondary N) is 1. The molecule has 1 heterocycles. The van der Waals surface area contributed by atoms with E-state index in [1.807, 2.05) is 27.7 Å². The van der Waals surface area contributed by atoms with Gasteiger partial charge in [0.15, 0.2) is 6.61 Å². The number of aliphatic imine (C=N–C) groups is 1. The molecule has 0 radical (unpaired) electrons. The summed E-state index contributed by atoms with van der Waals surface area (Å²) in [7, 11) is -3.66. The van der Waals surface area contributed by atoms with Gasteiger partial charge in [-0.3, -0.25) is 19.3 Å². The standard InChI is InChI=1S/C19H27N3O5S/c1-5-13(3)22(14(4)6-2)17(23)12-27-18(24)11-20-19-15-9-7-8-10-16(15)28(25,26)21-19/h7-10,13-14H,5-6,11-12H2,1-4H3,(H,20,21)/t13-,14+. The van der Waals surface area contributed by atoms with Gasteiger partial charge in [0, 0.05) is 17.6 Å². The number of fused-ring (bicyclic) bond motifs is 1. The van der Waals surface area contributed by atoms with Crippen molar-refractivity contribution in [2.75, 3.05) is 13.2 Å². The molecule has 0 fully saturated rings. The maximum absolute atomic E-state index is 12.5. The van der Waals surface area contributed by atoms with Crippen LogP contribution in [0.5, 0.6) is 0 Å². The molecule has 0 aromatic heterocycles. The summed E-state index contributed by atoms with van der Waals surface area (Å²) < 4.78 is 31.4. The van der Waals surface area contributed by atoms with E-state index in [0.29, 0.717) is 5.56 Å². The quantitative estimate of drug-likeness (QED) is 0.658.